The number of hydrogen-bond acceptors (Lipinski definition) is 8. The highest BCUT2D eigenvalue weighted by Crippen LogP contribution is 2.26. The van der Waals surface area contributed by atoms with Crippen molar-refractivity contribution in [2.24, 2.45) is 0 Å². The van der Waals surface area contributed by atoms with Gasteiger partial charge in [0, 0.05) is 0 Å². The van der Waals surface area contributed by atoms with Gasteiger partial charge in [-0.05, 0) is 105 Å². The lowest BCUT2D eigenvalue weighted by Gasteiger charge is -2.10. The summed E-state index contributed by atoms with van der Waals surface area (Å²) in [5.74, 6) is -1.62. The van der Waals surface area contributed by atoms with Crippen LogP contribution in [0.25, 0.3) is 48.6 Å². The van der Waals surface area contributed by atoms with Gasteiger partial charge in [-0.15, -0.1) is 0 Å². The number of benzene rings is 5. The predicted molar refractivity (Wildman–Crippen MR) is 213 cm³/mol. The minimum absolute atomic E-state index is 0.406. The van der Waals surface area contributed by atoms with E-state index < -0.39 is 23.9 Å². The molecule has 5 rings (SSSR count). The molecule has 5 aromatic rings. The van der Waals surface area contributed by atoms with Gasteiger partial charge in [-0.3, -0.25) is 0 Å². The quantitative estimate of drug-likeness (QED) is 0.0714. The van der Waals surface area contributed by atoms with Gasteiger partial charge in [-0.1, -0.05) is 97.1 Å². The maximum absolute atomic E-state index is 12.0. The van der Waals surface area contributed by atoms with E-state index >= 15 is 0 Å². The van der Waals surface area contributed by atoms with Crippen LogP contribution in [0.15, 0.2) is 109 Å². The summed E-state index contributed by atoms with van der Waals surface area (Å²) >= 11 is 0. The lowest BCUT2D eigenvalue weighted by atomic mass is 9.95. The lowest BCUT2D eigenvalue weighted by Crippen LogP contribution is -2.00. The Morgan fingerprint density at radius 1 is 0.315 bits per heavy atom. The number of carbonyl (C=O) groups excluding carboxylic acids is 4. The van der Waals surface area contributed by atoms with Gasteiger partial charge in [-0.25, -0.2) is 19.2 Å². The monoisotopic (exact) mass is 718 g/mol. The molecule has 0 unspecified atom stereocenters. The zero-order valence-electron chi connectivity index (χ0n) is 30.3. The molecule has 0 aliphatic rings. The molecule has 270 valence electrons. The molecular formula is C46H38O8. The fourth-order valence-electron chi connectivity index (χ4n) is 5.38. The van der Waals surface area contributed by atoms with Gasteiger partial charge in [0.25, 0.3) is 0 Å². The Morgan fingerprint density at radius 3 is 0.667 bits per heavy atom. The lowest BCUT2D eigenvalue weighted by molar-refractivity contribution is 0.0592. The predicted octanol–water partition coefficient (Wildman–Crippen LogP) is 9.51. The van der Waals surface area contributed by atoms with E-state index in [0.29, 0.717) is 22.3 Å². The summed E-state index contributed by atoms with van der Waals surface area (Å²) in [6, 6.07) is 32.7. The molecule has 0 amide bonds. The van der Waals surface area contributed by atoms with Crippen LogP contribution in [0.4, 0.5) is 0 Å². The van der Waals surface area contributed by atoms with E-state index in [2.05, 4.69) is 12.1 Å². The Bertz CT molecular complexity index is 1920. The highest BCUT2D eigenvalue weighted by molar-refractivity contribution is 5.93. The van der Waals surface area contributed by atoms with Crippen molar-refractivity contribution in [2.45, 2.75) is 0 Å². The summed E-state index contributed by atoms with van der Waals surface area (Å²) in [5, 5.41) is 0. The molecular weight excluding hydrogens is 680 g/mol. The van der Waals surface area contributed by atoms with Gasteiger partial charge in [-0.2, -0.15) is 0 Å². The Labute approximate surface area is 314 Å². The van der Waals surface area contributed by atoms with Crippen LogP contribution >= 0.6 is 0 Å². The molecule has 0 aliphatic carbocycles. The maximum atomic E-state index is 12.0. The van der Waals surface area contributed by atoms with Crippen LogP contribution in [0.5, 0.6) is 0 Å². The topological polar surface area (TPSA) is 105 Å². The summed E-state index contributed by atoms with van der Waals surface area (Å²) in [4.78, 5) is 47.9. The second kappa shape index (κ2) is 18.4. The van der Waals surface area contributed by atoms with Gasteiger partial charge >= 0.3 is 23.9 Å². The van der Waals surface area contributed by atoms with Crippen LogP contribution in [-0.2, 0) is 18.9 Å². The van der Waals surface area contributed by atoms with Crippen molar-refractivity contribution in [2.75, 3.05) is 28.4 Å². The number of methoxy groups -OCH3 is 4. The molecule has 8 nitrogen and oxygen atoms in total. The largest absolute Gasteiger partial charge is 0.465 e. The van der Waals surface area contributed by atoms with E-state index in [4.69, 9.17) is 18.9 Å². The molecule has 0 bridgehead atoms. The molecule has 0 aromatic heterocycles. The third kappa shape index (κ3) is 10.0. The SMILES string of the molecule is COC(=O)c1ccc(/C=C/c2cc(/C=C/c3ccc(C(=O)OC)cc3)c(/C=C/c3ccc(C(=O)OC)cc3)cc2/C=C/c2ccc(C(=O)OC)cc2)cc1. The highest BCUT2D eigenvalue weighted by atomic mass is 16.5. The first-order valence-electron chi connectivity index (χ1n) is 16.8. The van der Waals surface area contributed by atoms with E-state index in [1.165, 1.54) is 28.4 Å². The third-order valence-electron chi connectivity index (χ3n) is 8.44. The number of ether oxygens (including phenoxy) is 4. The van der Waals surface area contributed by atoms with E-state index in [1.54, 1.807) is 48.5 Å². The van der Waals surface area contributed by atoms with Gasteiger partial charge in [0.2, 0.25) is 0 Å². The average Bonchev–Trinajstić information content (AvgIpc) is 3.23. The molecule has 0 heterocycles. The van der Waals surface area contributed by atoms with Crippen LogP contribution < -0.4 is 0 Å². The molecule has 0 atom stereocenters. The van der Waals surface area contributed by atoms with Crippen molar-refractivity contribution in [3.63, 3.8) is 0 Å². The summed E-state index contributed by atoms with van der Waals surface area (Å²) in [6.07, 6.45) is 15.9. The minimum Gasteiger partial charge on any atom is -0.465 e. The van der Waals surface area contributed by atoms with Crippen LogP contribution in [0, 0.1) is 0 Å². The standard InChI is InChI=1S/C46H38O8/c1-51-43(47)35-17-5-31(6-18-35)13-25-39-29-41(27-15-33-9-21-37(22-10-33)45(49)53-3)42(28-16-34-11-23-38(24-12-34)46(50)54-4)30-40(39)26-14-32-7-19-36(20-8-32)44(48)52-2/h5-30H,1-4H3/b25-13+,26-14+,27-15+,28-16+. The molecule has 0 spiro atoms. The summed E-state index contributed by atoms with van der Waals surface area (Å²) in [6.45, 7) is 0. The molecule has 0 radical (unpaired) electrons. The Hall–Kier alpha value is -7.06. The maximum Gasteiger partial charge on any atom is 0.337 e. The molecule has 8 heteroatoms. The number of carbonyl (C=O) groups is 4. The first-order valence-corrected chi connectivity index (χ1v) is 16.8. The van der Waals surface area contributed by atoms with E-state index in [1.807, 2.05) is 97.1 Å². The normalized spacial score (nSPS) is 11.3. The van der Waals surface area contributed by atoms with Crippen LogP contribution in [0.3, 0.4) is 0 Å². The molecule has 0 saturated carbocycles. The van der Waals surface area contributed by atoms with Crippen molar-refractivity contribution >= 4 is 72.5 Å². The fraction of sp³-hybridized carbons (Fsp3) is 0.0870. The van der Waals surface area contributed by atoms with Gasteiger partial charge in [0.1, 0.15) is 0 Å². The Kier molecular flexibility index (Phi) is 13.0. The van der Waals surface area contributed by atoms with Gasteiger partial charge in [0.15, 0.2) is 0 Å². The Morgan fingerprint density at radius 2 is 0.500 bits per heavy atom. The van der Waals surface area contributed by atoms with Crippen LogP contribution in [0.2, 0.25) is 0 Å². The van der Waals surface area contributed by atoms with E-state index in [0.717, 1.165) is 44.5 Å². The van der Waals surface area contributed by atoms with Crippen LogP contribution in [-0.4, -0.2) is 52.3 Å². The number of rotatable bonds is 12. The van der Waals surface area contributed by atoms with E-state index in [-0.39, 0.29) is 0 Å². The molecule has 0 aliphatic heterocycles. The molecule has 0 N–H and O–H groups in total. The van der Waals surface area contributed by atoms with Gasteiger partial charge in [0.05, 0.1) is 50.7 Å². The smallest absolute Gasteiger partial charge is 0.337 e. The first-order chi connectivity index (χ1) is 26.2. The highest BCUT2D eigenvalue weighted by Gasteiger charge is 2.09. The summed E-state index contributed by atoms with van der Waals surface area (Å²) in [5.41, 5.74) is 9.03. The number of esters is 4. The molecule has 5 aromatic carbocycles. The second-order valence-corrected chi connectivity index (χ2v) is 11.9. The first kappa shape index (κ1) is 38.2. The van der Waals surface area contributed by atoms with E-state index in [9.17, 15) is 19.2 Å². The zero-order chi connectivity index (χ0) is 38.5. The van der Waals surface area contributed by atoms with Crippen molar-refractivity contribution in [1.82, 2.24) is 0 Å². The fourth-order valence-corrected chi connectivity index (χ4v) is 5.38. The minimum atomic E-state index is -0.406. The summed E-state index contributed by atoms with van der Waals surface area (Å²) in [7, 11) is 5.40. The summed E-state index contributed by atoms with van der Waals surface area (Å²) < 4.78 is 19.4. The van der Waals surface area contributed by atoms with Crippen molar-refractivity contribution in [3.05, 3.63) is 176 Å². The van der Waals surface area contributed by atoms with Crippen LogP contribution in [0.1, 0.15) is 85.9 Å². The Balaban J connectivity index is 1.59. The number of hydrogen-bond donors (Lipinski definition) is 0. The van der Waals surface area contributed by atoms with Crippen molar-refractivity contribution < 1.29 is 38.1 Å². The third-order valence-corrected chi connectivity index (χ3v) is 8.44. The van der Waals surface area contributed by atoms with Crippen molar-refractivity contribution in [3.8, 4) is 0 Å². The van der Waals surface area contributed by atoms with Gasteiger partial charge < -0.3 is 18.9 Å². The zero-order valence-corrected chi connectivity index (χ0v) is 30.3. The molecule has 0 saturated heterocycles. The second-order valence-electron chi connectivity index (χ2n) is 11.9. The molecule has 54 heavy (non-hydrogen) atoms. The van der Waals surface area contributed by atoms with Crippen molar-refractivity contribution in [1.29, 1.82) is 0 Å². The molecule has 0 fully saturated rings. The average molecular weight is 719 g/mol.